The van der Waals surface area contributed by atoms with Crippen LogP contribution in [0.2, 0.25) is 0 Å². The second kappa shape index (κ2) is 12.5. The van der Waals surface area contributed by atoms with Crippen LogP contribution in [0, 0.1) is 0 Å². The minimum atomic E-state index is 0.907. The Kier molecular flexibility index (Phi) is 6.93. The van der Waals surface area contributed by atoms with E-state index < -0.39 is 0 Å². The first-order valence-electron chi connectivity index (χ1n) is 19.5. The van der Waals surface area contributed by atoms with Gasteiger partial charge in [-0.25, -0.2) is 0 Å². The summed E-state index contributed by atoms with van der Waals surface area (Å²) in [5.41, 5.74) is 11.0. The van der Waals surface area contributed by atoms with Crippen molar-refractivity contribution in [2.45, 2.75) is 0 Å². The minimum absolute atomic E-state index is 0.907. The zero-order chi connectivity index (χ0) is 37.5. The van der Waals surface area contributed by atoms with Gasteiger partial charge in [-0.2, -0.15) is 0 Å². The average Bonchev–Trinajstić information content (AvgIpc) is 3.81. The first kappa shape index (κ1) is 31.7. The second-order valence-electron chi connectivity index (χ2n) is 14.9. The molecule has 266 valence electrons. The Bertz CT molecular complexity index is 3530. The molecule has 57 heavy (non-hydrogen) atoms. The van der Waals surface area contributed by atoms with E-state index in [1.807, 2.05) is 12.1 Å². The number of nitrogens with zero attached hydrogens (tertiary/aromatic N) is 2. The van der Waals surface area contributed by atoms with E-state index in [4.69, 9.17) is 4.42 Å². The second-order valence-corrected chi connectivity index (χ2v) is 14.9. The van der Waals surface area contributed by atoms with Crippen LogP contribution in [0.1, 0.15) is 0 Å². The molecule has 0 atom stereocenters. The van der Waals surface area contributed by atoms with Crippen molar-refractivity contribution in [1.29, 1.82) is 0 Å². The summed E-state index contributed by atoms with van der Waals surface area (Å²) in [6.45, 7) is 0. The monoisotopic (exact) mass is 726 g/mol. The van der Waals surface area contributed by atoms with Crippen LogP contribution in [0.4, 0.5) is 17.1 Å². The molecular formula is C54H34N2O. The van der Waals surface area contributed by atoms with E-state index in [1.165, 1.54) is 60.2 Å². The lowest BCUT2D eigenvalue weighted by molar-refractivity contribution is 0.669. The van der Waals surface area contributed by atoms with Gasteiger partial charge in [0.1, 0.15) is 11.2 Å². The predicted molar refractivity (Wildman–Crippen MR) is 241 cm³/mol. The molecule has 10 aromatic carbocycles. The van der Waals surface area contributed by atoms with Crippen molar-refractivity contribution in [2.24, 2.45) is 0 Å². The SMILES string of the molecule is c1ccc(-c2cccc(N(c3ccc4cc5oc6ccccc6c5cc4c3)c3ccc4c(c3)c3c5ccccc5ccc3n4-c3cccc4ccccc34)c2)cc1. The number of hydrogen-bond acceptors (Lipinski definition) is 2. The van der Waals surface area contributed by atoms with E-state index in [-0.39, 0.29) is 0 Å². The fraction of sp³-hybridized carbons (Fsp3) is 0. The Labute approximate surface area is 328 Å². The van der Waals surface area contributed by atoms with Crippen LogP contribution in [0.15, 0.2) is 211 Å². The predicted octanol–water partition coefficient (Wildman–Crippen LogP) is 15.3. The number of furan rings is 1. The summed E-state index contributed by atoms with van der Waals surface area (Å²) >= 11 is 0. The van der Waals surface area contributed by atoms with E-state index in [9.17, 15) is 0 Å². The molecule has 0 radical (unpaired) electrons. The zero-order valence-electron chi connectivity index (χ0n) is 30.9. The number of rotatable bonds is 5. The molecule has 0 N–H and O–H groups in total. The molecule has 0 fully saturated rings. The molecule has 2 aromatic heterocycles. The topological polar surface area (TPSA) is 21.3 Å². The Balaban J connectivity index is 1.13. The van der Waals surface area contributed by atoms with Crippen molar-refractivity contribution in [2.75, 3.05) is 4.90 Å². The Hall–Kier alpha value is -7.62. The summed E-state index contributed by atoms with van der Waals surface area (Å²) in [5.74, 6) is 0. The van der Waals surface area contributed by atoms with Crippen molar-refractivity contribution in [1.82, 2.24) is 4.57 Å². The van der Waals surface area contributed by atoms with Gasteiger partial charge in [0.25, 0.3) is 0 Å². The first-order chi connectivity index (χ1) is 28.2. The smallest absolute Gasteiger partial charge is 0.136 e. The number of aromatic nitrogens is 1. The summed E-state index contributed by atoms with van der Waals surface area (Å²) in [5, 5.41) is 12.0. The highest BCUT2D eigenvalue weighted by Crippen LogP contribution is 2.44. The first-order valence-corrected chi connectivity index (χ1v) is 19.5. The van der Waals surface area contributed by atoms with Crippen LogP contribution in [0.5, 0.6) is 0 Å². The van der Waals surface area contributed by atoms with E-state index in [0.717, 1.165) is 49.8 Å². The Morgan fingerprint density at radius 2 is 0.982 bits per heavy atom. The molecule has 0 aliphatic rings. The number of benzene rings is 10. The average molecular weight is 727 g/mol. The van der Waals surface area contributed by atoms with Crippen LogP contribution in [0.25, 0.3) is 92.9 Å². The molecule has 0 spiro atoms. The highest BCUT2D eigenvalue weighted by molar-refractivity contribution is 6.22. The molecule has 3 heteroatoms. The van der Waals surface area contributed by atoms with Gasteiger partial charge in [0, 0.05) is 44.0 Å². The largest absolute Gasteiger partial charge is 0.456 e. The Morgan fingerprint density at radius 1 is 0.333 bits per heavy atom. The highest BCUT2D eigenvalue weighted by Gasteiger charge is 2.21. The summed E-state index contributed by atoms with van der Waals surface area (Å²) in [6.07, 6.45) is 0. The summed E-state index contributed by atoms with van der Waals surface area (Å²) in [4.78, 5) is 2.41. The van der Waals surface area contributed by atoms with Crippen LogP contribution in [-0.4, -0.2) is 4.57 Å². The van der Waals surface area contributed by atoms with Crippen LogP contribution >= 0.6 is 0 Å². The molecule has 0 amide bonds. The van der Waals surface area contributed by atoms with Crippen LogP contribution in [-0.2, 0) is 0 Å². The van der Waals surface area contributed by atoms with Gasteiger partial charge in [-0.15, -0.1) is 0 Å². The third-order valence-electron chi connectivity index (χ3n) is 11.7. The van der Waals surface area contributed by atoms with Crippen molar-refractivity contribution >= 4 is 93.1 Å². The summed E-state index contributed by atoms with van der Waals surface area (Å²) in [7, 11) is 0. The number of anilines is 3. The van der Waals surface area contributed by atoms with Gasteiger partial charge in [0.2, 0.25) is 0 Å². The van der Waals surface area contributed by atoms with Crippen molar-refractivity contribution in [3.05, 3.63) is 206 Å². The molecular weight excluding hydrogens is 693 g/mol. The molecule has 0 saturated carbocycles. The maximum absolute atomic E-state index is 6.28. The van der Waals surface area contributed by atoms with E-state index in [2.05, 4.69) is 204 Å². The maximum Gasteiger partial charge on any atom is 0.136 e. The number of hydrogen-bond donors (Lipinski definition) is 0. The lowest BCUT2D eigenvalue weighted by Crippen LogP contribution is -2.10. The summed E-state index contributed by atoms with van der Waals surface area (Å²) in [6, 6.07) is 74.7. The fourth-order valence-electron chi connectivity index (χ4n) is 9.08. The molecule has 0 bridgehead atoms. The number of para-hydroxylation sites is 1. The molecule has 2 heterocycles. The normalized spacial score (nSPS) is 11.9. The molecule has 12 rings (SSSR count). The van der Waals surface area contributed by atoms with Gasteiger partial charge in [0.05, 0.1) is 16.7 Å². The molecule has 0 aliphatic carbocycles. The molecule has 12 aromatic rings. The molecule has 0 unspecified atom stereocenters. The van der Waals surface area contributed by atoms with E-state index in [1.54, 1.807) is 0 Å². The minimum Gasteiger partial charge on any atom is -0.456 e. The third-order valence-corrected chi connectivity index (χ3v) is 11.7. The van der Waals surface area contributed by atoms with Gasteiger partial charge in [0.15, 0.2) is 0 Å². The molecule has 0 aliphatic heterocycles. The third kappa shape index (κ3) is 4.99. The van der Waals surface area contributed by atoms with E-state index >= 15 is 0 Å². The molecule has 3 nitrogen and oxygen atoms in total. The van der Waals surface area contributed by atoms with Crippen molar-refractivity contribution in [3.63, 3.8) is 0 Å². The zero-order valence-corrected chi connectivity index (χ0v) is 30.9. The van der Waals surface area contributed by atoms with Gasteiger partial charge in [-0.1, -0.05) is 133 Å². The van der Waals surface area contributed by atoms with E-state index in [0.29, 0.717) is 0 Å². The van der Waals surface area contributed by atoms with Crippen molar-refractivity contribution < 1.29 is 4.42 Å². The highest BCUT2D eigenvalue weighted by atomic mass is 16.3. The Morgan fingerprint density at radius 3 is 1.88 bits per heavy atom. The fourth-order valence-corrected chi connectivity index (χ4v) is 9.08. The lowest BCUT2D eigenvalue weighted by atomic mass is 10.0. The number of fused-ring (bicyclic) bond motifs is 10. The molecule has 0 saturated heterocycles. The summed E-state index contributed by atoms with van der Waals surface area (Å²) < 4.78 is 8.74. The van der Waals surface area contributed by atoms with Gasteiger partial charge < -0.3 is 13.9 Å². The van der Waals surface area contributed by atoms with Crippen molar-refractivity contribution in [3.8, 4) is 16.8 Å². The maximum atomic E-state index is 6.28. The van der Waals surface area contributed by atoms with Gasteiger partial charge in [-0.3, -0.25) is 0 Å². The van der Waals surface area contributed by atoms with Gasteiger partial charge >= 0.3 is 0 Å². The quantitative estimate of drug-likeness (QED) is 0.176. The standard InChI is InChI=1S/C54H34N2O/c1-2-12-35(13-3-1)38-17-10-18-41(30-38)55(42-26-24-39-33-53-47(32-40(39)31-42)46-21-8-9-23-52(46)57-53)43-27-29-50-48(34-43)54-45-20-7-5-15-37(45)25-28-51(54)56(50)49-22-11-16-36-14-4-6-19-44(36)49/h1-34H. The van der Waals surface area contributed by atoms with Crippen LogP contribution in [0.3, 0.4) is 0 Å². The van der Waals surface area contributed by atoms with Crippen LogP contribution < -0.4 is 4.90 Å². The van der Waals surface area contributed by atoms with Gasteiger partial charge in [-0.05, 0) is 111 Å². The lowest BCUT2D eigenvalue weighted by Gasteiger charge is -2.26.